The number of aliphatic hydroxyl groups excluding tert-OH is 2. The van der Waals surface area contributed by atoms with Crippen molar-refractivity contribution in [2.24, 2.45) is 22.7 Å². The topological polar surface area (TPSA) is 93.1 Å². The van der Waals surface area contributed by atoms with Crippen LogP contribution in [-0.2, 0) is 19.1 Å². The third kappa shape index (κ3) is 2.36. The molecule has 172 valence electrons. The van der Waals surface area contributed by atoms with Gasteiger partial charge in [-0.15, -0.1) is 0 Å². The number of alkyl halides is 1. The van der Waals surface area contributed by atoms with Gasteiger partial charge in [0.05, 0.1) is 12.2 Å². The second kappa shape index (κ2) is 6.25. The average Bonchev–Trinajstić information content (AvgIpc) is 3.09. The summed E-state index contributed by atoms with van der Waals surface area (Å²) < 4.78 is 29.6. The number of ether oxygens (including phenoxy) is 2. The predicted octanol–water partition coefficient (Wildman–Crippen LogP) is 2.64. The van der Waals surface area contributed by atoms with Crippen LogP contribution in [-0.4, -0.2) is 57.7 Å². The van der Waals surface area contributed by atoms with E-state index in [2.05, 4.69) is 0 Å². The van der Waals surface area contributed by atoms with Crippen LogP contribution in [0.5, 0.6) is 0 Å². The molecule has 4 fully saturated rings. The van der Waals surface area contributed by atoms with Crippen LogP contribution in [0.15, 0.2) is 11.6 Å². The lowest BCUT2D eigenvalue weighted by Crippen LogP contribution is -2.70. The van der Waals surface area contributed by atoms with E-state index in [1.165, 1.54) is 0 Å². The lowest BCUT2D eigenvalue weighted by Gasteiger charge is -2.63. The molecule has 5 aliphatic rings. The SMILES string of the molecule is CC1(C)O[C@H]2C[C@H]3[C@@H]4CCC5=CC(=O)CC[C@]5(C)C4(F)[C@@H](O)C[C@]3(C)[C@]2(C(=O)CO)O1. The smallest absolute Gasteiger partial charge is 0.193 e. The highest BCUT2D eigenvalue weighted by atomic mass is 19.1. The van der Waals surface area contributed by atoms with Crippen molar-refractivity contribution in [1.82, 2.24) is 0 Å². The second-order valence-electron chi connectivity index (χ2n) is 11.3. The number of hydrogen-bond donors (Lipinski definition) is 2. The van der Waals surface area contributed by atoms with Gasteiger partial charge in [0.25, 0.3) is 0 Å². The van der Waals surface area contributed by atoms with Crippen LogP contribution < -0.4 is 0 Å². The van der Waals surface area contributed by atoms with Crippen molar-refractivity contribution in [3.63, 3.8) is 0 Å². The minimum Gasteiger partial charge on any atom is -0.390 e. The molecule has 4 aliphatic carbocycles. The predicted molar refractivity (Wildman–Crippen MR) is 109 cm³/mol. The number of halogens is 1. The van der Waals surface area contributed by atoms with E-state index in [0.29, 0.717) is 25.7 Å². The van der Waals surface area contributed by atoms with E-state index in [9.17, 15) is 19.8 Å². The van der Waals surface area contributed by atoms with Crippen LogP contribution in [0.3, 0.4) is 0 Å². The van der Waals surface area contributed by atoms with Gasteiger partial charge in [-0.1, -0.05) is 19.4 Å². The number of hydrogen-bond acceptors (Lipinski definition) is 6. The number of fused-ring (bicyclic) bond motifs is 7. The highest BCUT2D eigenvalue weighted by Crippen LogP contribution is 2.72. The molecule has 0 bridgehead atoms. The van der Waals surface area contributed by atoms with Crippen LogP contribution in [0.1, 0.15) is 66.2 Å². The molecule has 6 nitrogen and oxygen atoms in total. The Morgan fingerprint density at radius 2 is 1.94 bits per heavy atom. The van der Waals surface area contributed by atoms with E-state index < -0.39 is 58.4 Å². The van der Waals surface area contributed by atoms with E-state index >= 15 is 4.39 Å². The molecule has 0 aromatic carbocycles. The number of allylic oxidation sites excluding steroid dienone is 1. The minimum absolute atomic E-state index is 0.0246. The third-order valence-electron chi connectivity index (χ3n) is 9.59. The number of ketones is 2. The first kappa shape index (κ1) is 21.7. The highest BCUT2D eigenvalue weighted by Gasteiger charge is 2.80. The summed E-state index contributed by atoms with van der Waals surface area (Å²) >= 11 is 0. The molecule has 0 aromatic heterocycles. The van der Waals surface area contributed by atoms with E-state index in [1.807, 2.05) is 13.8 Å². The molecule has 8 atom stereocenters. The van der Waals surface area contributed by atoms with Crippen molar-refractivity contribution in [2.75, 3.05) is 6.61 Å². The first-order valence-corrected chi connectivity index (χ1v) is 11.5. The largest absolute Gasteiger partial charge is 0.390 e. The summed E-state index contributed by atoms with van der Waals surface area (Å²) in [5.74, 6) is -2.17. The molecular formula is C24H33FO6. The Morgan fingerprint density at radius 3 is 2.61 bits per heavy atom. The summed E-state index contributed by atoms with van der Waals surface area (Å²) in [5.41, 5.74) is -4.26. The van der Waals surface area contributed by atoms with Crippen molar-refractivity contribution < 1.29 is 33.7 Å². The molecular weight excluding hydrogens is 403 g/mol. The summed E-state index contributed by atoms with van der Waals surface area (Å²) in [4.78, 5) is 25.2. The van der Waals surface area contributed by atoms with Gasteiger partial charge < -0.3 is 19.7 Å². The fourth-order valence-corrected chi connectivity index (χ4v) is 8.29. The molecule has 7 heteroatoms. The molecule has 0 aromatic rings. The molecule has 31 heavy (non-hydrogen) atoms. The molecule has 1 unspecified atom stereocenters. The Labute approximate surface area is 182 Å². The Hall–Kier alpha value is -1.15. The summed E-state index contributed by atoms with van der Waals surface area (Å²) in [6.45, 7) is 6.55. The van der Waals surface area contributed by atoms with Crippen LogP contribution in [0.4, 0.5) is 4.39 Å². The number of carbonyl (C=O) groups excluding carboxylic acids is 2. The molecule has 0 spiro atoms. The molecule has 2 N–H and O–H groups in total. The first-order valence-electron chi connectivity index (χ1n) is 11.5. The van der Waals surface area contributed by atoms with E-state index in [1.54, 1.807) is 19.9 Å². The van der Waals surface area contributed by atoms with Crippen LogP contribution >= 0.6 is 0 Å². The molecule has 1 saturated heterocycles. The van der Waals surface area contributed by atoms with Gasteiger partial charge in [0.2, 0.25) is 0 Å². The molecule has 5 rings (SSSR count). The van der Waals surface area contributed by atoms with E-state index in [4.69, 9.17) is 9.47 Å². The minimum atomic E-state index is -1.89. The first-order chi connectivity index (χ1) is 14.4. The second-order valence-corrected chi connectivity index (χ2v) is 11.3. The van der Waals surface area contributed by atoms with E-state index in [-0.39, 0.29) is 24.5 Å². The van der Waals surface area contributed by atoms with Gasteiger partial charge in [-0.25, -0.2) is 4.39 Å². The summed E-state index contributed by atoms with van der Waals surface area (Å²) in [6, 6.07) is 0. The lowest BCUT2D eigenvalue weighted by molar-refractivity contribution is -0.251. The van der Waals surface area contributed by atoms with Crippen LogP contribution in [0.2, 0.25) is 0 Å². The van der Waals surface area contributed by atoms with Gasteiger partial charge in [0, 0.05) is 23.2 Å². The highest BCUT2D eigenvalue weighted by molar-refractivity contribution is 5.92. The standard InChI is InChI=1S/C24H33FO6/c1-20(2)30-19-10-16-15-6-5-13-9-14(27)7-8-21(13,3)23(15,25)17(28)11-22(16,4)24(19,31-20)18(29)12-26/h9,15-17,19,26,28H,5-8,10-12H2,1-4H3/t15-,16-,17-,19-,21-,22-,23?,24+/m0/s1. The lowest BCUT2D eigenvalue weighted by atomic mass is 9.44. The van der Waals surface area contributed by atoms with Crippen molar-refractivity contribution in [3.05, 3.63) is 11.6 Å². The van der Waals surface area contributed by atoms with Gasteiger partial charge >= 0.3 is 0 Å². The number of Topliss-reactive ketones (excluding diaryl/α,β-unsaturated/α-hetero) is 1. The third-order valence-corrected chi connectivity index (χ3v) is 9.59. The number of carbonyl (C=O) groups is 2. The zero-order chi connectivity index (χ0) is 22.6. The van der Waals surface area contributed by atoms with Gasteiger partial charge in [0.15, 0.2) is 23.0 Å². The van der Waals surface area contributed by atoms with E-state index in [0.717, 1.165) is 5.57 Å². The molecule has 3 saturated carbocycles. The van der Waals surface area contributed by atoms with Crippen molar-refractivity contribution >= 4 is 11.6 Å². The quantitative estimate of drug-likeness (QED) is 0.691. The summed E-state index contributed by atoms with van der Waals surface area (Å²) in [6.07, 6.45) is 1.96. The monoisotopic (exact) mass is 436 g/mol. The Bertz CT molecular complexity index is 883. The zero-order valence-electron chi connectivity index (χ0n) is 18.7. The Balaban J connectivity index is 1.63. The molecule has 1 aliphatic heterocycles. The maximum atomic E-state index is 17.2. The molecule has 1 heterocycles. The van der Waals surface area contributed by atoms with Gasteiger partial charge in [-0.05, 0) is 57.9 Å². The average molecular weight is 437 g/mol. The molecule has 0 radical (unpaired) electrons. The zero-order valence-corrected chi connectivity index (χ0v) is 18.7. The van der Waals surface area contributed by atoms with Crippen molar-refractivity contribution in [2.45, 2.75) is 95.5 Å². The van der Waals surface area contributed by atoms with Crippen LogP contribution in [0.25, 0.3) is 0 Å². The van der Waals surface area contributed by atoms with Gasteiger partial charge in [0.1, 0.15) is 12.3 Å². The van der Waals surface area contributed by atoms with Crippen LogP contribution in [0, 0.1) is 22.7 Å². The van der Waals surface area contributed by atoms with Gasteiger partial charge in [-0.2, -0.15) is 0 Å². The Morgan fingerprint density at radius 1 is 1.23 bits per heavy atom. The maximum Gasteiger partial charge on any atom is 0.193 e. The van der Waals surface area contributed by atoms with Crippen molar-refractivity contribution in [3.8, 4) is 0 Å². The Kier molecular flexibility index (Phi) is 4.37. The fourth-order valence-electron chi connectivity index (χ4n) is 8.29. The molecule has 0 amide bonds. The summed E-state index contributed by atoms with van der Waals surface area (Å²) in [5, 5.41) is 21.2. The maximum absolute atomic E-state index is 17.2. The van der Waals surface area contributed by atoms with Crippen molar-refractivity contribution in [1.29, 1.82) is 0 Å². The van der Waals surface area contributed by atoms with Gasteiger partial charge in [-0.3, -0.25) is 9.59 Å². The normalized spacial score (nSPS) is 52.6. The fraction of sp³-hybridized carbons (Fsp3) is 0.833. The number of rotatable bonds is 2. The summed E-state index contributed by atoms with van der Waals surface area (Å²) in [7, 11) is 0. The number of aliphatic hydroxyl groups is 2.